The zero-order chi connectivity index (χ0) is 13.7. The molecule has 0 saturated heterocycles. The summed E-state index contributed by atoms with van der Waals surface area (Å²) >= 11 is 5.97. The highest BCUT2D eigenvalue weighted by Crippen LogP contribution is 2.27. The van der Waals surface area contributed by atoms with E-state index in [9.17, 15) is 0 Å². The molecule has 0 spiro atoms. The van der Waals surface area contributed by atoms with Gasteiger partial charge in [-0.3, -0.25) is 4.98 Å². The number of hydrogen-bond donors (Lipinski definition) is 0. The van der Waals surface area contributed by atoms with E-state index in [0.717, 1.165) is 24.3 Å². The Morgan fingerprint density at radius 2 is 2.00 bits per heavy atom. The third-order valence-electron chi connectivity index (χ3n) is 3.39. The van der Waals surface area contributed by atoms with Crippen LogP contribution in [0.25, 0.3) is 10.9 Å². The summed E-state index contributed by atoms with van der Waals surface area (Å²) in [5.41, 5.74) is 3.24. The average Bonchev–Trinajstić information content (AvgIpc) is 2.47. The molecule has 0 aliphatic carbocycles. The Balaban J connectivity index is 2.49. The Labute approximate surface area is 120 Å². The largest absolute Gasteiger partial charge is 0.371 e. The fraction of sp³-hybridized carbons (Fsp3) is 0.438. The van der Waals surface area contributed by atoms with Crippen molar-refractivity contribution in [2.24, 2.45) is 0 Å². The highest BCUT2D eigenvalue weighted by atomic mass is 35.5. The summed E-state index contributed by atoms with van der Waals surface area (Å²) in [5.74, 6) is 0.461. The van der Waals surface area contributed by atoms with Crippen LogP contribution in [0.5, 0.6) is 0 Å². The number of unbranched alkanes of at least 4 members (excludes halogenated alkanes) is 1. The van der Waals surface area contributed by atoms with Crippen LogP contribution in [-0.4, -0.2) is 18.1 Å². The molecule has 0 N–H and O–H groups in total. The van der Waals surface area contributed by atoms with Crippen LogP contribution in [0.2, 0.25) is 0 Å². The molecule has 2 nitrogen and oxygen atoms in total. The number of anilines is 1. The molecule has 0 amide bonds. The number of alkyl halides is 1. The number of hydrogen-bond acceptors (Lipinski definition) is 2. The molecule has 0 atom stereocenters. The van der Waals surface area contributed by atoms with E-state index in [1.54, 1.807) is 0 Å². The predicted octanol–water partition coefficient (Wildman–Crippen LogP) is 4.60. The van der Waals surface area contributed by atoms with Crippen LogP contribution >= 0.6 is 11.6 Å². The maximum absolute atomic E-state index is 5.97. The molecule has 0 saturated carbocycles. The first-order chi connectivity index (χ1) is 9.30. The molecule has 19 heavy (non-hydrogen) atoms. The van der Waals surface area contributed by atoms with E-state index in [0.29, 0.717) is 5.88 Å². The first-order valence-corrected chi connectivity index (χ1v) is 7.53. The van der Waals surface area contributed by atoms with Crippen molar-refractivity contribution >= 4 is 28.2 Å². The lowest BCUT2D eigenvalue weighted by atomic mass is 10.1. The second kappa shape index (κ2) is 6.76. The van der Waals surface area contributed by atoms with Gasteiger partial charge >= 0.3 is 0 Å². The molecule has 2 aromatic rings. The fourth-order valence-corrected chi connectivity index (χ4v) is 2.48. The number of para-hydroxylation sites is 1. The lowest BCUT2D eigenvalue weighted by molar-refractivity contribution is 0.733. The first-order valence-electron chi connectivity index (χ1n) is 6.99. The van der Waals surface area contributed by atoms with E-state index in [2.05, 4.69) is 48.0 Å². The summed E-state index contributed by atoms with van der Waals surface area (Å²) in [4.78, 5) is 7.01. The van der Waals surface area contributed by atoms with E-state index in [1.807, 2.05) is 6.07 Å². The molecule has 0 radical (unpaired) electrons. The molecule has 1 aromatic carbocycles. The molecular weight excluding hydrogens is 256 g/mol. The summed E-state index contributed by atoms with van der Waals surface area (Å²) < 4.78 is 0. The lowest BCUT2D eigenvalue weighted by Crippen LogP contribution is -2.24. The number of halogens is 1. The van der Waals surface area contributed by atoms with E-state index in [4.69, 9.17) is 11.6 Å². The van der Waals surface area contributed by atoms with Crippen LogP contribution in [0.1, 0.15) is 32.4 Å². The van der Waals surface area contributed by atoms with Gasteiger partial charge < -0.3 is 4.90 Å². The van der Waals surface area contributed by atoms with Crippen LogP contribution in [-0.2, 0) is 5.88 Å². The highest BCUT2D eigenvalue weighted by molar-refractivity contribution is 6.17. The van der Waals surface area contributed by atoms with E-state index in [-0.39, 0.29) is 0 Å². The van der Waals surface area contributed by atoms with Gasteiger partial charge in [0.1, 0.15) is 0 Å². The molecule has 102 valence electrons. The van der Waals surface area contributed by atoms with E-state index >= 15 is 0 Å². The van der Waals surface area contributed by atoms with Gasteiger partial charge in [0, 0.05) is 24.2 Å². The standard InChI is InChI=1S/C16H21ClN2/c1-3-5-10-19(4-2)16-11-13(12-17)18-15-9-7-6-8-14(15)16/h6-9,11H,3-5,10,12H2,1-2H3. The maximum atomic E-state index is 5.97. The van der Waals surface area contributed by atoms with Crippen molar-refractivity contribution in [2.45, 2.75) is 32.6 Å². The van der Waals surface area contributed by atoms with Gasteiger partial charge in [-0.15, -0.1) is 11.6 Å². The van der Waals surface area contributed by atoms with Crippen LogP contribution < -0.4 is 4.90 Å². The SMILES string of the molecule is CCCCN(CC)c1cc(CCl)nc2ccccc12. The van der Waals surface area contributed by atoms with Crippen molar-refractivity contribution in [3.63, 3.8) is 0 Å². The molecule has 2 rings (SSSR count). The predicted molar refractivity (Wildman–Crippen MR) is 84.1 cm³/mol. The monoisotopic (exact) mass is 276 g/mol. The Kier molecular flexibility index (Phi) is 5.03. The van der Waals surface area contributed by atoms with Gasteiger partial charge in [0.25, 0.3) is 0 Å². The number of benzene rings is 1. The Morgan fingerprint density at radius 3 is 2.68 bits per heavy atom. The second-order valence-electron chi connectivity index (χ2n) is 4.72. The molecule has 0 unspecified atom stereocenters. The van der Waals surface area contributed by atoms with Gasteiger partial charge in [0.05, 0.1) is 17.1 Å². The summed E-state index contributed by atoms with van der Waals surface area (Å²) in [6.45, 7) is 6.52. The van der Waals surface area contributed by atoms with Gasteiger partial charge in [0.15, 0.2) is 0 Å². The minimum atomic E-state index is 0.461. The van der Waals surface area contributed by atoms with Crippen LogP contribution in [0, 0.1) is 0 Å². The molecule has 0 fully saturated rings. The van der Waals surface area contributed by atoms with Crippen molar-refractivity contribution < 1.29 is 0 Å². The molecule has 3 heteroatoms. The summed E-state index contributed by atoms with van der Waals surface area (Å²) in [6.07, 6.45) is 2.42. The van der Waals surface area contributed by atoms with Crippen molar-refractivity contribution in [3.05, 3.63) is 36.0 Å². The van der Waals surface area contributed by atoms with Gasteiger partial charge in [-0.2, -0.15) is 0 Å². The summed E-state index contributed by atoms with van der Waals surface area (Å²) in [6, 6.07) is 10.4. The smallest absolute Gasteiger partial charge is 0.0726 e. The molecule has 0 aliphatic rings. The molecule has 0 aliphatic heterocycles. The van der Waals surface area contributed by atoms with E-state index in [1.165, 1.54) is 23.9 Å². The zero-order valence-corrected chi connectivity index (χ0v) is 12.5. The molecule has 1 aromatic heterocycles. The average molecular weight is 277 g/mol. The van der Waals surface area contributed by atoms with Gasteiger partial charge in [-0.1, -0.05) is 31.5 Å². The van der Waals surface area contributed by atoms with Gasteiger partial charge in [-0.25, -0.2) is 0 Å². The fourth-order valence-electron chi connectivity index (χ4n) is 2.34. The third-order valence-corrected chi connectivity index (χ3v) is 3.66. The van der Waals surface area contributed by atoms with Crippen molar-refractivity contribution in [1.29, 1.82) is 0 Å². The molecule has 1 heterocycles. The van der Waals surface area contributed by atoms with Crippen molar-refractivity contribution in [3.8, 4) is 0 Å². The van der Waals surface area contributed by atoms with Crippen molar-refractivity contribution in [1.82, 2.24) is 4.98 Å². The number of rotatable bonds is 6. The van der Waals surface area contributed by atoms with Crippen LogP contribution in [0.15, 0.2) is 30.3 Å². The number of pyridine rings is 1. The normalized spacial score (nSPS) is 10.9. The summed E-state index contributed by atoms with van der Waals surface area (Å²) in [5, 5.41) is 1.22. The van der Waals surface area contributed by atoms with Crippen molar-refractivity contribution in [2.75, 3.05) is 18.0 Å². The Hall–Kier alpha value is -1.28. The first kappa shape index (κ1) is 14.1. The minimum Gasteiger partial charge on any atom is -0.371 e. The quantitative estimate of drug-likeness (QED) is 0.717. The highest BCUT2D eigenvalue weighted by Gasteiger charge is 2.10. The topological polar surface area (TPSA) is 16.1 Å². The summed E-state index contributed by atoms with van der Waals surface area (Å²) in [7, 11) is 0. The van der Waals surface area contributed by atoms with Gasteiger partial charge in [0.2, 0.25) is 0 Å². The van der Waals surface area contributed by atoms with Crippen LogP contribution in [0.3, 0.4) is 0 Å². The van der Waals surface area contributed by atoms with Gasteiger partial charge in [-0.05, 0) is 25.5 Å². The molecular formula is C16H21ClN2. The Morgan fingerprint density at radius 1 is 1.21 bits per heavy atom. The maximum Gasteiger partial charge on any atom is 0.0726 e. The number of nitrogens with zero attached hydrogens (tertiary/aromatic N) is 2. The third kappa shape index (κ3) is 3.19. The van der Waals surface area contributed by atoms with E-state index < -0.39 is 0 Å². The zero-order valence-electron chi connectivity index (χ0n) is 11.7. The lowest BCUT2D eigenvalue weighted by Gasteiger charge is -2.25. The van der Waals surface area contributed by atoms with Crippen LogP contribution in [0.4, 0.5) is 5.69 Å². The Bertz CT molecular complexity index is 539. The minimum absolute atomic E-state index is 0.461. The second-order valence-corrected chi connectivity index (χ2v) is 4.98. The number of fused-ring (bicyclic) bond motifs is 1. The molecule has 0 bridgehead atoms. The number of aromatic nitrogens is 1.